The number of hydrogen-bond acceptors (Lipinski definition) is 6. The first-order valence-electron chi connectivity index (χ1n) is 8.70. The van der Waals surface area contributed by atoms with Crippen molar-refractivity contribution in [3.63, 3.8) is 0 Å². The molecule has 0 aliphatic carbocycles. The number of halogens is 1. The van der Waals surface area contributed by atoms with Crippen LogP contribution in [-0.4, -0.2) is 49.9 Å². The maximum atomic E-state index is 12.1. The molecule has 1 aliphatic heterocycles. The molecule has 1 fully saturated rings. The number of aryl methyl sites for hydroxylation is 1. The van der Waals surface area contributed by atoms with E-state index in [-0.39, 0.29) is 11.6 Å². The Morgan fingerprint density at radius 3 is 2.62 bits per heavy atom. The Morgan fingerprint density at radius 2 is 2.00 bits per heavy atom. The second kappa shape index (κ2) is 6.68. The van der Waals surface area contributed by atoms with E-state index in [1.807, 2.05) is 32.1 Å². The lowest BCUT2D eigenvalue weighted by Gasteiger charge is -2.40. The quantitative estimate of drug-likeness (QED) is 0.796. The van der Waals surface area contributed by atoms with Crippen LogP contribution in [0.2, 0.25) is 0 Å². The molecule has 2 aromatic rings. The molecule has 0 unspecified atom stereocenters. The smallest absolute Gasteiger partial charge is 0.408 e. The van der Waals surface area contributed by atoms with Gasteiger partial charge in [-0.05, 0) is 63.4 Å². The number of piperidine rings is 1. The largest absolute Gasteiger partial charge is 0.444 e. The summed E-state index contributed by atoms with van der Waals surface area (Å²) in [4.78, 5) is 19.0. The third-order valence-electron chi connectivity index (χ3n) is 4.50. The van der Waals surface area contributed by atoms with Crippen molar-refractivity contribution < 1.29 is 9.53 Å². The van der Waals surface area contributed by atoms with Crippen LogP contribution >= 0.6 is 15.9 Å². The van der Waals surface area contributed by atoms with Crippen LogP contribution in [-0.2, 0) is 4.74 Å². The standard InChI is InChI=1S/C17H25BrN6O2/c1-11-12(18)24-10-19-22-14(24)13(20-11)23-8-6-17(5,7-9-23)21-15(25)26-16(2,3)4/h10H,6-9H2,1-5H3,(H,21,25). The van der Waals surface area contributed by atoms with Gasteiger partial charge in [0, 0.05) is 18.6 Å². The molecule has 0 atom stereocenters. The number of anilines is 1. The lowest BCUT2D eigenvalue weighted by atomic mass is 9.90. The summed E-state index contributed by atoms with van der Waals surface area (Å²) < 4.78 is 8.14. The minimum Gasteiger partial charge on any atom is -0.444 e. The van der Waals surface area contributed by atoms with E-state index in [9.17, 15) is 4.79 Å². The molecule has 1 saturated heterocycles. The molecule has 26 heavy (non-hydrogen) atoms. The van der Waals surface area contributed by atoms with Crippen molar-refractivity contribution in [1.29, 1.82) is 0 Å². The van der Waals surface area contributed by atoms with Crippen LogP contribution < -0.4 is 10.2 Å². The normalized spacial score (nSPS) is 17.4. The van der Waals surface area contributed by atoms with Crippen LogP contribution in [0.25, 0.3) is 5.65 Å². The molecular formula is C17H25BrN6O2. The number of ether oxygens (including phenoxy) is 1. The summed E-state index contributed by atoms with van der Waals surface area (Å²) in [5, 5.41) is 11.2. The second-order valence-corrected chi connectivity index (χ2v) is 8.76. The number of nitrogens with zero attached hydrogens (tertiary/aromatic N) is 5. The first-order chi connectivity index (χ1) is 12.1. The highest BCUT2D eigenvalue weighted by molar-refractivity contribution is 9.10. The molecule has 0 radical (unpaired) electrons. The van der Waals surface area contributed by atoms with Crippen molar-refractivity contribution in [2.75, 3.05) is 18.0 Å². The Kier molecular flexibility index (Phi) is 4.85. The summed E-state index contributed by atoms with van der Waals surface area (Å²) in [6.07, 6.45) is 2.90. The van der Waals surface area contributed by atoms with E-state index in [1.54, 1.807) is 6.33 Å². The Hall–Kier alpha value is -1.90. The van der Waals surface area contributed by atoms with Crippen molar-refractivity contribution >= 4 is 33.5 Å². The average Bonchev–Trinajstić information content (AvgIpc) is 2.99. The summed E-state index contributed by atoms with van der Waals surface area (Å²) in [6.45, 7) is 11.1. The van der Waals surface area contributed by atoms with Crippen molar-refractivity contribution in [2.45, 2.75) is 58.6 Å². The van der Waals surface area contributed by atoms with Crippen molar-refractivity contribution in [3.8, 4) is 0 Å². The van der Waals surface area contributed by atoms with E-state index in [2.05, 4.69) is 43.3 Å². The zero-order chi connectivity index (χ0) is 19.1. The van der Waals surface area contributed by atoms with Gasteiger partial charge in [-0.15, -0.1) is 10.2 Å². The number of amides is 1. The summed E-state index contributed by atoms with van der Waals surface area (Å²) in [5.41, 5.74) is 0.811. The first-order valence-corrected chi connectivity index (χ1v) is 9.49. The van der Waals surface area contributed by atoms with Crippen LogP contribution in [0.4, 0.5) is 10.6 Å². The number of hydrogen-bond donors (Lipinski definition) is 1. The Bertz CT molecular complexity index is 821. The number of aromatic nitrogens is 4. The Balaban J connectivity index is 1.72. The van der Waals surface area contributed by atoms with E-state index in [1.165, 1.54) is 0 Å². The molecule has 0 saturated carbocycles. The van der Waals surface area contributed by atoms with E-state index < -0.39 is 5.60 Å². The minimum atomic E-state index is -0.501. The zero-order valence-electron chi connectivity index (χ0n) is 15.8. The van der Waals surface area contributed by atoms with Gasteiger partial charge in [-0.3, -0.25) is 4.40 Å². The van der Waals surface area contributed by atoms with Crippen LogP contribution in [0.1, 0.15) is 46.2 Å². The fraction of sp³-hybridized carbons (Fsp3) is 0.647. The van der Waals surface area contributed by atoms with Gasteiger partial charge in [0.15, 0.2) is 5.82 Å². The number of carbonyl (C=O) groups excluding carboxylic acids is 1. The molecule has 1 aliphatic rings. The molecule has 0 aromatic carbocycles. The maximum absolute atomic E-state index is 12.1. The van der Waals surface area contributed by atoms with E-state index >= 15 is 0 Å². The molecule has 3 rings (SSSR count). The van der Waals surface area contributed by atoms with Gasteiger partial charge in [-0.25, -0.2) is 9.78 Å². The molecule has 9 heteroatoms. The van der Waals surface area contributed by atoms with E-state index in [0.29, 0.717) is 0 Å². The third kappa shape index (κ3) is 3.92. The predicted octanol–water partition coefficient (Wildman–Crippen LogP) is 3.08. The molecule has 0 spiro atoms. The predicted molar refractivity (Wildman–Crippen MR) is 102 cm³/mol. The highest BCUT2D eigenvalue weighted by atomic mass is 79.9. The topological polar surface area (TPSA) is 84.7 Å². The number of nitrogens with one attached hydrogen (secondary N) is 1. The van der Waals surface area contributed by atoms with Crippen LogP contribution in [0.3, 0.4) is 0 Å². The Morgan fingerprint density at radius 1 is 1.35 bits per heavy atom. The molecular weight excluding hydrogens is 400 g/mol. The summed E-state index contributed by atoms with van der Waals surface area (Å²) in [5.74, 6) is 0.822. The molecule has 2 aromatic heterocycles. The number of rotatable bonds is 2. The molecule has 0 bridgehead atoms. The lowest BCUT2D eigenvalue weighted by molar-refractivity contribution is 0.0448. The molecule has 1 N–H and O–H groups in total. The SMILES string of the molecule is Cc1nc(N2CCC(C)(NC(=O)OC(C)(C)C)CC2)c2nncn2c1Br. The number of alkyl carbamates (subject to hydrolysis) is 1. The van der Waals surface area contributed by atoms with Crippen LogP contribution in [0, 0.1) is 6.92 Å². The fourth-order valence-electron chi connectivity index (χ4n) is 3.06. The fourth-order valence-corrected chi connectivity index (χ4v) is 3.41. The number of carbonyl (C=O) groups is 1. The summed E-state index contributed by atoms with van der Waals surface area (Å²) >= 11 is 3.53. The van der Waals surface area contributed by atoms with Gasteiger partial charge in [-0.2, -0.15) is 0 Å². The summed E-state index contributed by atoms with van der Waals surface area (Å²) in [7, 11) is 0. The Labute approximate surface area is 161 Å². The third-order valence-corrected chi connectivity index (χ3v) is 5.46. The van der Waals surface area contributed by atoms with Crippen LogP contribution in [0.15, 0.2) is 10.9 Å². The highest BCUT2D eigenvalue weighted by Gasteiger charge is 2.34. The van der Waals surface area contributed by atoms with Crippen molar-refractivity contribution in [2.24, 2.45) is 0 Å². The minimum absolute atomic E-state index is 0.298. The first kappa shape index (κ1) is 18.9. The molecule has 3 heterocycles. The van der Waals surface area contributed by atoms with Crippen molar-refractivity contribution in [1.82, 2.24) is 24.9 Å². The second-order valence-electron chi connectivity index (χ2n) is 8.01. The maximum Gasteiger partial charge on any atom is 0.408 e. The van der Waals surface area contributed by atoms with Gasteiger partial charge in [0.25, 0.3) is 0 Å². The van der Waals surface area contributed by atoms with E-state index in [4.69, 9.17) is 9.72 Å². The van der Waals surface area contributed by atoms with Gasteiger partial charge < -0.3 is 15.0 Å². The summed E-state index contributed by atoms with van der Waals surface area (Å²) in [6, 6.07) is 0. The number of fused-ring (bicyclic) bond motifs is 1. The van der Waals surface area contributed by atoms with Crippen LogP contribution in [0.5, 0.6) is 0 Å². The molecule has 1 amide bonds. The van der Waals surface area contributed by atoms with Gasteiger partial charge >= 0.3 is 6.09 Å². The van der Waals surface area contributed by atoms with Gasteiger partial charge in [-0.1, -0.05) is 0 Å². The van der Waals surface area contributed by atoms with E-state index in [0.717, 1.165) is 47.7 Å². The van der Waals surface area contributed by atoms with Gasteiger partial charge in [0.1, 0.15) is 16.5 Å². The highest BCUT2D eigenvalue weighted by Crippen LogP contribution is 2.29. The molecule has 8 nitrogen and oxygen atoms in total. The zero-order valence-corrected chi connectivity index (χ0v) is 17.4. The van der Waals surface area contributed by atoms with Gasteiger partial charge in [0.05, 0.1) is 5.69 Å². The monoisotopic (exact) mass is 424 g/mol. The van der Waals surface area contributed by atoms with Gasteiger partial charge in [0.2, 0.25) is 5.65 Å². The molecule has 142 valence electrons. The lowest BCUT2D eigenvalue weighted by Crippen LogP contribution is -2.54. The average molecular weight is 425 g/mol. The van der Waals surface area contributed by atoms with Crippen molar-refractivity contribution in [3.05, 3.63) is 16.6 Å².